The monoisotopic (exact) mass is 1150 g/mol. The first-order chi connectivity index (χ1) is 41.0. The molecule has 0 aromatic rings. The first-order valence-electron chi connectivity index (χ1n) is 34.3. The Kier molecular flexibility index (Phi) is 65.8. The zero-order chi connectivity index (χ0) is 59.9. The summed E-state index contributed by atoms with van der Waals surface area (Å²) in [4.78, 5) is 38.5. The van der Waals surface area contributed by atoms with Crippen molar-refractivity contribution in [3.63, 3.8) is 0 Å². The molecule has 0 amide bonds. The Bertz CT molecular complexity index is 1800. The third-order valence-corrected chi connectivity index (χ3v) is 14.3. The third kappa shape index (κ3) is 68.0. The van der Waals surface area contributed by atoms with E-state index >= 15 is 0 Å². The predicted molar refractivity (Wildman–Crippen MR) is 362 cm³/mol. The van der Waals surface area contributed by atoms with E-state index in [0.717, 1.165) is 154 Å². The zero-order valence-corrected chi connectivity index (χ0v) is 53.9. The van der Waals surface area contributed by atoms with Crippen LogP contribution in [0.15, 0.2) is 146 Å². The van der Waals surface area contributed by atoms with Crippen LogP contribution in [-0.2, 0) is 28.6 Å². The average molecular weight is 1150 g/mol. The summed E-state index contributed by atoms with van der Waals surface area (Å²) < 4.78 is 17.0. The van der Waals surface area contributed by atoms with Crippen molar-refractivity contribution in [3.05, 3.63) is 146 Å². The van der Waals surface area contributed by atoms with Gasteiger partial charge in [-0.1, -0.05) is 289 Å². The maximum atomic E-state index is 13.0. The topological polar surface area (TPSA) is 78.9 Å². The van der Waals surface area contributed by atoms with E-state index in [9.17, 15) is 14.4 Å². The molecule has 1 atom stereocenters. The van der Waals surface area contributed by atoms with Gasteiger partial charge < -0.3 is 14.2 Å². The minimum absolute atomic E-state index is 0.0956. The minimum atomic E-state index is -0.802. The summed E-state index contributed by atoms with van der Waals surface area (Å²) in [6.45, 7) is 6.39. The quantitative estimate of drug-likeness (QED) is 0.0261. The van der Waals surface area contributed by atoms with Crippen molar-refractivity contribution in [2.24, 2.45) is 0 Å². The van der Waals surface area contributed by atoms with Gasteiger partial charge in [-0.15, -0.1) is 0 Å². The van der Waals surface area contributed by atoms with E-state index in [1.807, 2.05) is 0 Å². The van der Waals surface area contributed by atoms with Crippen LogP contribution in [0.4, 0.5) is 0 Å². The van der Waals surface area contributed by atoms with Gasteiger partial charge in [0.1, 0.15) is 13.2 Å². The van der Waals surface area contributed by atoms with E-state index in [0.29, 0.717) is 19.3 Å². The maximum absolute atomic E-state index is 13.0. The Morgan fingerprint density at radius 2 is 0.470 bits per heavy atom. The van der Waals surface area contributed by atoms with Crippen LogP contribution in [0.25, 0.3) is 0 Å². The Balaban J connectivity index is 4.45. The van der Waals surface area contributed by atoms with E-state index in [1.165, 1.54) is 109 Å². The van der Waals surface area contributed by atoms with Crippen molar-refractivity contribution < 1.29 is 28.6 Å². The second kappa shape index (κ2) is 69.8. The lowest BCUT2D eigenvalue weighted by atomic mass is 10.1. The van der Waals surface area contributed by atoms with Crippen molar-refractivity contribution in [2.45, 2.75) is 309 Å². The molecule has 83 heavy (non-hydrogen) atoms. The molecule has 0 aromatic heterocycles. The fourth-order valence-electron chi connectivity index (χ4n) is 9.23. The Labute approximate surface area is 512 Å². The van der Waals surface area contributed by atoms with Gasteiger partial charge in [0.15, 0.2) is 6.10 Å². The fourth-order valence-corrected chi connectivity index (χ4v) is 9.23. The molecule has 0 saturated heterocycles. The molecule has 0 heterocycles. The molecule has 0 rings (SSSR count). The number of ether oxygens (including phenoxy) is 3. The van der Waals surface area contributed by atoms with Gasteiger partial charge in [-0.2, -0.15) is 0 Å². The smallest absolute Gasteiger partial charge is 0.306 e. The Morgan fingerprint density at radius 3 is 0.735 bits per heavy atom. The molecule has 1 unspecified atom stereocenters. The second-order valence-electron chi connectivity index (χ2n) is 22.3. The van der Waals surface area contributed by atoms with Crippen LogP contribution >= 0.6 is 0 Å². The molecule has 0 aliphatic carbocycles. The number of hydrogen-bond donors (Lipinski definition) is 0. The maximum Gasteiger partial charge on any atom is 0.306 e. The van der Waals surface area contributed by atoms with E-state index in [-0.39, 0.29) is 31.1 Å². The molecule has 0 fully saturated rings. The highest BCUT2D eigenvalue weighted by Gasteiger charge is 2.19. The largest absolute Gasteiger partial charge is 0.462 e. The van der Waals surface area contributed by atoms with E-state index in [2.05, 4.69) is 167 Å². The predicted octanol–water partition coefficient (Wildman–Crippen LogP) is 23.9. The van der Waals surface area contributed by atoms with Gasteiger partial charge in [0.25, 0.3) is 0 Å². The molecule has 6 heteroatoms. The number of carbonyl (C=O) groups is 3. The molecule has 0 radical (unpaired) electrons. The molecule has 0 spiro atoms. The zero-order valence-electron chi connectivity index (χ0n) is 53.9. The molecule has 0 aliphatic heterocycles. The summed E-state index contributed by atoms with van der Waals surface area (Å²) in [5.74, 6) is -0.924. The summed E-state index contributed by atoms with van der Waals surface area (Å²) in [5.41, 5.74) is 0. The molecule has 0 bridgehead atoms. The molecule has 0 N–H and O–H groups in total. The summed E-state index contributed by atoms with van der Waals surface area (Å²) in [7, 11) is 0. The van der Waals surface area contributed by atoms with Crippen molar-refractivity contribution in [2.75, 3.05) is 13.2 Å². The highest BCUT2D eigenvalue weighted by molar-refractivity contribution is 5.71. The van der Waals surface area contributed by atoms with Gasteiger partial charge in [0.05, 0.1) is 0 Å². The lowest BCUT2D eigenvalue weighted by Crippen LogP contribution is -2.30. The highest BCUT2D eigenvalue weighted by atomic mass is 16.6. The van der Waals surface area contributed by atoms with Gasteiger partial charge in [-0.25, -0.2) is 0 Å². The van der Waals surface area contributed by atoms with Crippen LogP contribution < -0.4 is 0 Å². The molecule has 6 nitrogen and oxygen atoms in total. The summed E-state index contributed by atoms with van der Waals surface area (Å²) in [6.07, 6.45) is 99.9. The van der Waals surface area contributed by atoms with E-state index < -0.39 is 6.10 Å². The number of carbonyl (C=O) groups excluding carboxylic acids is 3. The number of esters is 3. The van der Waals surface area contributed by atoms with Crippen molar-refractivity contribution >= 4 is 17.9 Å². The van der Waals surface area contributed by atoms with Gasteiger partial charge in [0, 0.05) is 19.3 Å². The van der Waals surface area contributed by atoms with Crippen molar-refractivity contribution in [1.29, 1.82) is 0 Å². The summed E-state index contributed by atoms with van der Waals surface area (Å²) in [5, 5.41) is 0. The van der Waals surface area contributed by atoms with Crippen LogP contribution in [-0.4, -0.2) is 37.2 Å². The molecule has 0 saturated carbocycles. The van der Waals surface area contributed by atoms with Crippen LogP contribution in [0, 0.1) is 0 Å². The lowest BCUT2D eigenvalue weighted by molar-refractivity contribution is -0.167. The van der Waals surface area contributed by atoms with Crippen LogP contribution in [0.2, 0.25) is 0 Å². The minimum Gasteiger partial charge on any atom is -0.462 e. The second-order valence-corrected chi connectivity index (χ2v) is 22.3. The van der Waals surface area contributed by atoms with Gasteiger partial charge in [-0.3, -0.25) is 14.4 Å². The van der Waals surface area contributed by atoms with Crippen LogP contribution in [0.3, 0.4) is 0 Å². The molecule has 0 aliphatic rings. The standard InChI is InChI=1S/C77H126O6/c1-4-7-10-13-16-19-22-25-28-31-33-35-36-37-38-39-40-42-43-46-49-52-55-58-61-64-67-70-76(79)82-73-74(72-81-75(78)69-66-63-60-57-54-51-48-45-30-27-24-21-18-15-12-9-6-3)83-77(80)71-68-65-62-59-56-53-50-47-44-41-34-32-29-26-23-20-17-14-11-8-5-2/h7,9-10,12,16,18-19,21,23,25-28,30,32-35,37-38,40,42,46,49,74H,4-6,8,11,13-15,17,20,22,24,29,31,36,39,41,43-45,47-48,50-73H2,1-3H3/b10-7-,12-9-,19-16-,21-18-,26-23-,28-25-,30-27-,34-32-,35-33-,38-37-,42-40-,49-46-. The van der Waals surface area contributed by atoms with Gasteiger partial charge in [-0.05, 0) is 141 Å². The number of unbranched alkanes of at least 4 members (excludes halogenated alkanes) is 26. The molecular weight excluding hydrogens is 1020 g/mol. The summed E-state index contributed by atoms with van der Waals surface area (Å²) >= 11 is 0. The Morgan fingerprint density at radius 1 is 0.253 bits per heavy atom. The van der Waals surface area contributed by atoms with E-state index in [1.54, 1.807) is 0 Å². The van der Waals surface area contributed by atoms with Gasteiger partial charge in [0.2, 0.25) is 0 Å². The van der Waals surface area contributed by atoms with Crippen molar-refractivity contribution in [3.8, 4) is 0 Å². The van der Waals surface area contributed by atoms with Crippen LogP contribution in [0.1, 0.15) is 303 Å². The number of allylic oxidation sites excluding steroid dienone is 24. The highest BCUT2D eigenvalue weighted by Crippen LogP contribution is 2.15. The molecule has 0 aromatic carbocycles. The third-order valence-electron chi connectivity index (χ3n) is 14.3. The van der Waals surface area contributed by atoms with Crippen molar-refractivity contribution in [1.82, 2.24) is 0 Å². The number of rotatable bonds is 61. The molecular formula is C77H126O6. The molecule has 470 valence electrons. The first kappa shape index (κ1) is 78.3. The lowest BCUT2D eigenvalue weighted by Gasteiger charge is -2.18. The van der Waals surface area contributed by atoms with E-state index in [4.69, 9.17) is 14.2 Å². The van der Waals surface area contributed by atoms with Crippen LogP contribution in [0.5, 0.6) is 0 Å². The van der Waals surface area contributed by atoms with Gasteiger partial charge >= 0.3 is 17.9 Å². The fraction of sp³-hybridized carbons (Fsp3) is 0.649. The average Bonchev–Trinajstić information content (AvgIpc) is 3.49. The summed E-state index contributed by atoms with van der Waals surface area (Å²) in [6, 6.07) is 0. The SMILES string of the molecule is CC/C=C\C/C=C\C/C=C\C/C=C\C/C=C\C/C=C\C/C=C\CCCCCCCC(=O)OCC(COC(=O)CCCCCCCCC/C=C\C/C=C\C/C=C\CC)OC(=O)CCCCCCCCCCC/C=C\C/C=C\CCCCCCC. The normalized spacial score (nSPS) is 13.0. The first-order valence-corrected chi connectivity index (χ1v) is 34.3. The number of hydrogen-bond acceptors (Lipinski definition) is 6. The Hall–Kier alpha value is -4.71.